The largest absolute Gasteiger partial charge is 0.439 e. The van der Waals surface area contributed by atoms with Crippen LogP contribution in [0.25, 0.3) is 34.1 Å². The van der Waals surface area contributed by atoms with E-state index in [1.165, 1.54) is 12.8 Å². The van der Waals surface area contributed by atoms with Gasteiger partial charge in [0, 0.05) is 23.7 Å². The van der Waals surface area contributed by atoms with Crippen LogP contribution in [-0.4, -0.2) is 59.6 Å². The lowest BCUT2D eigenvalue weighted by Gasteiger charge is -2.35. The normalized spacial score (nSPS) is 21.3. The monoisotopic (exact) mass is 591 g/mol. The Morgan fingerprint density at radius 3 is 2.67 bits per heavy atom. The average molecular weight is 592 g/mol. The summed E-state index contributed by atoms with van der Waals surface area (Å²) >= 11 is 6.44. The van der Waals surface area contributed by atoms with Crippen molar-refractivity contribution < 1.29 is 13.8 Å². The minimum Gasteiger partial charge on any atom is -0.377 e. The van der Waals surface area contributed by atoms with Gasteiger partial charge in [-0.05, 0) is 43.7 Å². The molecule has 1 aliphatic carbocycles. The zero-order chi connectivity index (χ0) is 28.8. The first-order chi connectivity index (χ1) is 20.4. The SMILES string of the molecule is Cc1noc([C@@H]2COCCN2c2nc3nc(-c4noc(=O)[nH]4)nc(-c4cccc(Cl)c4)c3n2C[C@H]2CC[C@H](C)CC2)n1. The summed E-state index contributed by atoms with van der Waals surface area (Å²) in [6.45, 7) is 6.32. The molecule has 7 rings (SSSR count). The van der Waals surface area contributed by atoms with E-state index in [0.29, 0.717) is 53.8 Å². The van der Waals surface area contributed by atoms with Crippen LogP contribution in [0.3, 0.4) is 0 Å². The first-order valence-electron chi connectivity index (χ1n) is 14.2. The van der Waals surface area contributed by atoms with Gasteiger partial charge in [0.15, 0.2) is 11.5 Å². The van der Waals surface area contributed by atoms with Crippen LogP contribution in [0.15, 0.2) is 38.1 Å². The number of hydrogen-bond acceptors (Lipinski definition) is 11. The average Bonchev–Trinajstić information content (AvgIpc) is 3.72. The number of nitrogens with zero attached hydrogens (tertiary/aromatic N) is 8. The maximum absolute atomic E-state index is 11.8. The Morgan fingerprint density at radius 2 is 1.93 bits per heavy atom. The molecule has 0 spiro atoms. The van der Waals surface area contributed by atoms with E-state index in [2.05, 4.69) is 36.7 Å². The number of aryl methyl sites for hydroxylation is 1. The third-order valence-electron chi connectivity index (χ3n) is 8.12. The molecule has 1 N–H and O–H groups in total. The molecule has 1 atom stereocenters. The van der Waals surface area contributed by atoms with Crippen molar-refractivity contribution in [1.82, 2.24) is 39.8 Å². The highest BCUT2D eigenvalue weighted by Gasteiger charge is 2.35. The highest BCUT2D eigenvalue weighted by molar-refractivity contribution is 6.30. The van der Waals surface area contributed by atoms with Crippen LogP contribution >= 0.6 is 11.6 Å². The molecule has 1 saturated heterocycles. The molecule has 0 radical (unpaired) electrons. The second kappa shape index (κ2) is 11.0. The number of imidazole rings is 1. The summed E-state index contributed by atoms with van der Waals surface area (Å²) in [5.41, 5.74) is 2.65. The molecule has 0 unspecified atom stereocenters. The highest BCUT2D eigenvalue weighted by Crippen LogP contribution is 2.38. The van der Waals surface area contributed by atoms with Crippen LogP contribution in [-0.2, 0) is 11.3 Å². The molecule has 5 aromatic rings. The molecular formula is C28H30ClN9O4. The van der Waals surface area contributed by atoms with Crippen molar-refractivity contribution in [3.05, 3.63) is 51.6 Å². The molecule has 4 aromatic heterocycles. The van der Waals surface area contributed by atoms with E-state index in [-0.39, 0.29) is 17.7 Å². The van der Waals surface area contributed by atoms with Gasteiger partial charge in [0.05, 0.1) is 13.2 Å². The van der Waals surface area contributed by atoms with E-state index in [9.17, 15) is 4.79 Å². The Hall–Kier alpha value is -4.10. The van der Waals surface area contributed by atoms with Gasteiger partial charge in [-0.2, -0.15) is 9.97 Å². The van der Waals surface area contributed by atoms with E-state index >= 15 is 0 Å². The number of rotatable bonds is 6. The van der Waals surface area contributed by atoms with E-state index in [4.69, 9.17) is 40.3 Å². The van der Waals surface area contributed by atoms with Gasteiger partial charge in [-0.25, -0.2) is 14.8 Å². The van der Waals surface area contributed by atoms with Gasteiger partial charge in [-0.3, -0.25) is 9.51 Å². The number of ether oxygens (including phenoxy) is 1. The Kier molecular flexibility index (Phi) is 6.98. The van der Waals surface area contributed by atoms with Crippen LogP contribution in [0.1, 0.15) is 50.4 Å². The predicted octanol–water partition coefficient (Wildman–Crippen LogP) is 4.59. The van der Waals surface area contributed by atoms with Gasteiger partial charge in [0.1, 0.15) is 17.3 Å². The van der Waals surface area contributed by atoms with Crippen molar-refractivity contribution in [2.45, 2.75) is 52.1 Å². The van der Waals surface area contributed by atoms with Gasteiger partial charge >= 0.3 is 5.76 Å². The molecule has 1 aliphatic heterocycles. The predicted molar refractivity (Wildman–Crippen MR) is 153 cm³/mol. The summed E-state index contributed by atoms with van der Waals surface area (Å²) in [6, 6.07) is 7.17. The van der Waals surface area contributed by atoms with Crippen LogP contribution in [0, 0.1) is 18.8 Å². The maximum atomic E-state index is 11.8. The number of benzene rings is 1. The first-order valence-corrected chi connectivity index (χ1v) is 14.6. The fraction of sp³-hybridized carbons (Fsp3) is 0.464. The minimum absolute atomic E-state index is 0.119. The summed E-state index contributed by atoms with van der Waals surface area (Å²) in [7, 11) is 0. The lowest BCUT2D eigenvalue weighted by molar-refractivity contribution is 0.0824. The van der Waals surface area contributed by atoms with Crippen molar-refractivity contribution in [3.63, 3.8) is 0 Å². The molecular weight excluding hydrogens is 562 g/mol. The maximum Gasteiger partial charge on any atom is 0.439 e. The molecule has 1 aromatic carbocycles. The molecule has 13 nitrogen and oxygen atoms in total. The zero-order valence-corrected chi connectivity index (χ0v) is 24.0. The molecule has 218 valence electrons. The lowest BCUT2D eigenvalue weighted by atomic mass is 9.83. The molecule has 1 saturated carbocycles. The van der Waals surface area contributed by atoms with Crippen LogP contribution in [0.2, 0.25) is 5.02 Å². The number of halogens is 1. The first kappa shape index (κ1) is 26.8. The van der Waals surface area contributed by atoms with Gasteiger partial charge in [0.25, 0.3) is 5.89 Å². The van der Waals surface area contributed by atoms with Crippen LogP contribution < -0.4 is 10.7 Å². The van der Waals surface area contributed by atoms with E-state index in [1.54, 1.807) is 6.92 Å². The van der Waals surface area contributed by atoms with Gasteiger partial charge in [-0.15, -0.1) is 0 Å². The summed E-state index contributed by atoms with van der Waals surface area (Å²) < 4.78 is 18.4. The number of fused-ring (bicyclic) bond motifs is 1. The highest BCUT2D eigenvalue weighted by atomic mass is 35.5. The van der Waals surface area contributed by atoms with Gasteiger partial charge in [-0.1, -0.05) is 53.8 Å². The van der Waals surface area contributed by atoms with Gasteiger partial charge in [0.2, 0.25) is 17.6 Å². The van der Waals surface area contributed by atoms with Gasteiger partial charge < -0.3 is 18.7 Å². The lowest BCUT2D eigenvalue weighted by Crippen LogP contribution is -2.41. The van der Waals surface area contributed by atoms with Crippen molar-refractivity contribution >= 4 is 28.7 Å². The number of aromatic amines is 1. The molecule has 2 aliphatic rings. The molecule has 5 heterocycles. The Labute approximate surface area is 245 Å². The van der Waals surface area contributed by atoms with Crippen molar-refractivity contribution in [2.75, 3.05) is 24.7 Å². The number of morpholine rings is 1. The Morgan fingerprint density at radius 1 is 1.07 bits per heavy atom. The van der Waals surface area contributed by atoms with Crippen molar-refractivity contribution in [1.29, 1.82) is 0 Å². The molecule has 42 heavy (non-hydrogen) atoms. The quantitative estimate of drug-likeness (QED) is 0.295. The number of aromatic nitrogens is 8. The van der Waals surface area contributed by atoms with E-state index < -0.39 is 5.76 Å². The van der Waals surface area contributed by atoms with Crippen LogP contribution in [0.4, 0.5) is 5.95 Å². The number of hydrogen-bond donors (Lipinski definition) is 1. The third-order valence-corrected chi connectivity index (χ3v) is 8.36. The van der Waals surface area contributed by atoms with E-state index in [1.807, 2.05) is 24.3 Å². The fourth-order valence-electron chi connectivity index (χ4n) is 5.95. The number of nitrogens with one attached hydrogen (secondary N) is 1. The standard InChI is InChI=1S/C28H30ClN9O4/c1-15-6-8-17(9-7-15)13-38-22-21(18-4-3-5-19(29)12-18)31-24(25-34-28(39)42-36-25)32-23(22)33-27(38)37-10-11-40-14-20(37)26-30-16(2)35-41-26/h3-5,12,15,17,20H,6-11,13-14H2,1-2H3,(H,34,36,39)/t15-,17-,20-/m0/s1. The molecule has 2 fully saturated rings. The smallest absolute Gasteiger partial charge is 0.377 e. The van der Waals surface area contributed by atoms with E-state index in [0.717, 1.165) is 42.3 Å². The second-order valence-electron chi connectivity index (χ2n) is 11.1. The fourth-order valence-corrected chi connectivity index (χ4v) is 6.14. The molecule has 0 bridgehead atoms. The molecule has 0 amide bonds. The number of H-pyrrole nitrogens is 1. The minimum atomic E-state index is -0.693. The summed E-state index contributed by atoms with van der Waals surface area (Å²) in [5.74, 6) is 2.55. The third kappa shape index (κ3) is 5.07. The van der Waals surface area contributed by atoms with Crippen molar-refractivity contribution in [3.8, 4) is 22.9 Å². The summed E-state index contributed by atoms with van der Waals surface area (Å²) in [5, 5.41) is 8.43. The van der Waals surface area contributed by atoms with Crippen molar-refractivity contribution in [2.24, 2.45) is 11.8 Å². The Bertz CT molecular complexity index is 1790. The topological polar surface area (TPSA) is 154 Å². The second-order valence-corrected chi connectivity index (χ2v) is 11.6. The Balaban J connectivity index is 1.45. The zero-order valence-electron chi connectivity index (χ0n) is 23.3. The summed E-state index contributed by atoms with van der Waals surface area (Å²) in [4.78, 5) is 35.8. The summed E-state index contributed by atoms with van der Waals surface area (Å²) in [6.07, 6.45) is 4.63. The van der Waals surface area contributed by atoms with Crippen LogP contribution in [0.5, 0.6) is 0 Å². The number of anilines is 1. The molecule has 14 heteroatoms.